The third kappa shape index (κ3) is 3.29. The number of pyridine rings is 1. The first-order valence-corrected chi connectivity index (χ1v) is 8.47. The van der Waals surface area contributed by atoms with Gasteiger partial charge in [0.05, 0.1) is 12.2 Å². The molecule has 1 fully saturated rings. The van der Waals surface area contributed by atoms with Gasteiger partial charge in [0.25, 0.3) is 5.91 Å². The first kappa shape index (κ1) is 17.2. The maximum Gasteiger partial charge on any atom is 0.328 e. The molecule has 2 aliphatic heterocycles. The van der Waals surface area contributed by atoms with E-state index in [-0.39, 0.29) is 24.8 Å². The molecule has 0 aliphatic carbocycles. The van der Waals surface area contributed by atoms with E-state index in [0.717, 1.165) is 0 Å². The monoisotopic (exact) mass is 346 g/mol. The van der Waals surface area contributed by atoms with Crippen molar-refractivity contribution in [2.75, 3.05) is 18.5 Å². The lowest BCUT2D eigenvalue weighted by molar-refractivity contribution is -0.153. The molecule has 3 rings (SSSR count). The molecule has 1 aromatic rings. The summed E-state index contributed by atoms with van der Waals surface area (Å²) >= 11 is 0. The van der Waals surface area contributed by atoms with Crippen LogP contribution in [0.25, 0.3) is 0 Å². The fraction of sp³-hybridized carbons (Fsp3) is 0.529. The summed E-state index contributed by atoms with van der Waals surface area (Å²) in [7, 11) is 0. The van der Waals surface area contributed by atoms with E-state index in [9.17, 15) is 14.4 Å². The zero-order chi connectivity index (χ0) is 18.0. The van der Waals surface area contributed by atoms with Crippen molar-refractivity contribution in [2.45, 2.75) is 44.8 Å². The Hall–Kier alpha value is -2.64. The molecule has 2 aliphatic rings. The normalized spacial score (nSPS) is 24.0. The molecule has 3 heterocycles. The van der Waals surface area contributed by atoms with Crippen LogP contribution >= 0.6 is 0 Å². The molecule has 2 N–H and O–H groups in total. The standard InChI is InChI=1S/C17H22N4O4/c1-3-25-16(24)11(2)21-10-8-17(7-6-13(21)22)19-14-12(15(23)20-17)5-4-9-18-14/h4-5,9,11H,3,6-8,10H2,1-2H3,(H,18,19)(H,20,23)/t11-,17-/m1/s1. The van der Waals surface area contributed by atoms with Crippen LogP contribution < -0.4 is 10.6 Å². The van der Waals surface area contributed by atoms with Crippen molar-refractivity contribution in [1.29, 1.82) is 0 Å². The number of carbonyl (C=O) groups excluding carboxylic acids is 3. The van der Waals surface area contributed by atoms with E-state index in [0.29, 0.717) is 30.8 Å². The molecule has 25 heavy (non-hydrogen) atoms. The Bertz CT molecular complexity index is 708. The van der Waals surface area contributed by atoms with Crippen molar-refractivity contribution in [2.24, 2.45) is 0 Å². The summed E-state index contributed by atoms with van der Waals surface area (Å²) in [6.45, 7) is 4.01. The minimum Gasteiger partial charge on any atom is -0.464 e. The summed E-state index contributed by atoms with van der Waals surface area (Å²) < 4.78 is 5.02. The minimum atomic E-state index is -0.739. The quantitative estimate of drug-likeness (QED) is 0.789. The number of carbonyl (C=O) groups is 3. The largest absolute Gasteiger partial charge is 0.464 e. The fourth-order valence-corrected chi connectivity index (χ4v) is 3.31. The van der Waals surface area contributed by atoms with Crippen LogP contribution in [0.3, 0.4) is 0 Å². The number of hydrogen-bond donors (Lipinski definition) is 2. The van der Waals surface area contributed by atoms with E-state index in [1.54, 1.807) is 32.2 Å². The number of ether oxygens (including phenoxy) is 1. The molecule has 2 atom stereocenters. The SMILES string of the molecule is CCOC(=O)[C@@H](C)N1CC[C@@]2(CCC1=O)NC(=O)c1cccnc1N2. The highest BCUT2D eigenvalue weighted by Crippen LogP contribution is 2.30. The van der Waals surface area contributed by atoms with Gasteiger partial charge in [-0.05, 0) is 32.4 Å². The van der Waals surface area contributed by atoms with Gasteiger partial charge in [-0.1, -0.05) is 0 Å². The van der Waals surface area contributed by atoms with Gasteiger partial charge in [-0.25, -0.2) is 9.78 Å². The Kier molecular flexibility index (Phi) is 4.61. The Morgan fingerprint density at radius 2 is 2.20 bits per heavy atom. The number of nitrogens with zero attached hydrogens (tertiary/aromatic N) is 2. The third-order valence-electron chi connectivity index (χ3n) is 4.72. The molecular formula is C17H22N4O4. The molecule has 0 bridgehead atoms. The van der Waals surface area contributed by atoms with Crippen LogP contribution in [-0.4, -0.2) is 52.5 Å². The van der Waals surface area contributed by atoms with E-state index in [2.05, 4.69) is 15.6 Å². The summed E-state index contributed by atoms with van der Waals surface area (Å²) in [5.74, 6) is -0.230. The van der Waals surface area contributed by atoms with Gasteiger partial charge in [0.1, 0.15) is 17.5 Å². The van der Waals surface area contributed by atoms with Gasteiger partial charge in [0.2, 0.25) is 5.91 Å². The number of anilines is 1. The van der Waals surface area contributed by atoms with Gasteiger partial charge in [-0.2, -0.15) is 0 Å². The highest BCUT2D eigenvalue weighted by atomic mass is 16.5. The molecule has 0 saturated carbocycles. The number of esters is 1. The van der Waals surface area contributed by atoms with Crippen molar-refractivity contribution in [3.63, 3.8) is 0 Å². The van der Waals surface area contributed by atoms with Gasteiger partial charge in [0, 0.05) is 25.6 Å². The van der Waals surface area contributed by atoms with Crippen LogP contribution in [0.15, 0.2) is 18.3 Å². The number of aromatic nitrogens is 1. The number of likely N-dealkylation sites (tertiary alicyclic amines) is 1. The van der Waals surface area contributed by atoms with E-state index in [4.69, 9.17) is 4.74 Å². The Labute approximate surface area is 145 Å². The predicted octanol–water partition coefficient (Wildman–Crippen LogP) is 0.897. The van der Waals surface area contributed by atoms with Gasteiger partial charge >= 0.3 is 5.97 Å². The molecule has 1 aromatic heterocycles. The minimum absolute atomic E-state index is 0.125. The smallest absolute Gasteiger partial charge is 0.328 e. The van der Waals surface area contributed by atoms with Crippen molar-refractivity contribution in [1.82, 2.24) is 15.2 Å². The average Bonchev–Trinajstić information content (AvgIpc) is 2.74. The van der Waals surface area contributed by atoms with Crippen LogP contribution in [-0.2, 0) is 14.3 Å². The summed E-state index contributed by atoms with van der Waals surface area (Å²) in [4.78, 5) is 42.6. The second-order valence-electron chi connectivity index (χ2n) is 6.33. The number of hydrogen-bond acceptors (Lipinski definition) is 6. The van der Waals surface area contributed by atoms with Gasteiger partial charge in [-0.15, -0.1) is 0 Å². The Morgan fingerprint density at radius 3 is 2.96 bits per heavy atom. The average molecular weight is 346 g/mol. The van der Waals surface area contributed by atoms with Gasteiger partial charge in [-0.3, -0.25) is 9.59 Å². The molecule has 2 amide bonds. The van der Waals surface area contributed by atoms with Crippen LogP contribution in [0.5, 0.6) is 0 Å². The molecular weight excluding hydrogens is 324 g/mol. The zero-order valence-corrected chi connectivity index (χ0v) is 14.4. The lowest BCUT2D eigenvalue weighted by atomic mass is 9.97. The van der Waals surface area contributed by atoms with Crippen molar-refractivity contribution < 1.29 is 19.1 Å². The van der Waals surface area contributed by atoms with Crippen molar-refractivity contribution >= 4 is 23.6 Å². The molecule has 0 unspecified atom stereocenters. The highest BCUT2D eigenvalue weighted by Gasteiger charge is 2.42. The topological polar surface area (TPSA) is 101 Å². The number of nitrogens with one attached hydrogen (secondary N) is 2. The number of fused-ring (bicyclic) bond motifs is 1. The fourth-order valence-electron chi connectivity index (χ4n) is 3.31. The Morgan fingerprint density at radius 1 is 1.40 bits per heavy atom. The van der Waals surface area contributed by atoms with Crippen LogP contribution in [0.4, 0.5) is 5.82 Å². The second kappa shape index (κ2) is 6.70. The van der Waals surface area contributed by atoms with Crippen LogP contribution in [0, 0.1) is 0 Å². The summed E-state index contributed by atoms with van der Waals surface area (Å²) in [6, 6.07) is 2.76. The highest BCUT2D eigenvalue weighted by molar-refractivity contribution is 6.01. The molecule has 134 valence electrons. The predicted molar refractivity (Wildman–Crippen MR) is 89.7 cm³/mol. The lowest BCUT2D eigenvalue weighted by Crippen LogP contribution is -2.58. The summed E-state index contributed by atoms with van der Waals surface area (Å²) in [6.07, 6.45) is 2.75. The van der Waals surface area contributed by atoms with E-state index in [1.165, 1.54) is 4.90 Å². The second-order valence-corrected chi connectivity index (χ2v) is 6.33. The molecule has 0 aromatic carbocycles. The van der Waals surface area contributed by atoms with Crippen LogP contribution in [0.2, 0.25) is 0 Å². The molecule has 1 spiro atoms. The maximum atomic E-state index is 12.5. The van der Waals surface area contributed by atoms with Gasteiger partial charge in [0.15, 0.2) is 0 Å². The summed E-state index contributed by atoms with van der Waals surface area (Å²) in [5, 5.41) is 6.26. The third-order valence-corrected chi connectivity index (χ3v) is 4.72. The van der Waals surface area contributed by atoms with Crippen molar-refractivity contribution in [3.8, 4) is 0 Å². The molecule has 0 radical (unpaired) electrons. The van der Waals surface area contributed by atoms with Gasteiger partial charge < -0.3 is 20.3 Å². The summed E-state index contributed by atoms with van der Waals surface area (Å²) in [5.41, 5.74) is -0.252. The van der Waals surface area contributed by atoms with E-state index >= 15 is 0 Å². The molecule has 8 nitrogen and oxygen atoms in total. The molecule has 8 heteroatoms. The first-order chi connectivity index (χ1) is 12.0. The first-order valence-electron chi connectivity index (χ1n) is 8.47. The van der Waals surface area contributed by atoms with Crippen molar-refractivity contribution in [3.05, 3.63) is 23.9 Å². The lowest BCUT2D eigenvalue weighted by Gasteiger charge is -2.39. The Balaban J connectivity index is 1.78. The zero-order valence-electron chi connectivity index (χ0n) is 14.4. The number of rotatable bonds is 3. The van der Waals surface area contributed by atoms with E-state index in [1.807, 2.05) is 0 Å². The molecule has 1 saturated heterocycles. The number of amides is 2. The van der Waals surface area contributed by atoms with Crippen LogP contribution in [0.1, 0.15) is 43.5 Å². The maximum absolute atomic E-state index is 12.5. The van der Waals surface area contributed by atoms with E-state index < -0.39 is 17.7 Å².